The number of pyridine rings is 1. The maximum absolute atomic E-state index is 4.51. The summed E-state index contributed by atoms with van der Waals surface area (Å²) in [5, 5.41) is 3.65. The number of nitrogens with one attached hydrogen (secondary N) is 1. The van der Waals surface area contributed by atoms with Gasteiger partial charge >= 0.3 is 0 Å². The first-order valence-corrected chi connectivity index (χ1v) is 7.24. The van der Waals surface area contributed by atoms with Gasteiger partial charge in [-0.25, -0.2) is 0 Å². The van der Waals surface area contributed by atoms with Crippen LogP contribution in [0.2, 0.25) is 0 Å². The smallest absolute Gasteiger partial charge is 0.0605 e. The molecule has 1 aromatic rings. The predicted octanol–water partition coefficient (Wildman–Crippen LogP) is 2.39. The highest BCUT2D eigenvalue weighted by Gasteiger charge is 2.22. The van der Waals surface area contributed by atoms with E-state index < -0.39 is 0 Å². The van der Waals surface area contributed by atoms with Crippen LogP contribution in [0.25, 0.3) is 0 Å². The van der Waals surface area contributed by atoms with Gasteiger partial charge in [-0.2, -0.15) is 0 Å². The average Bonchev–Trinajstić information content (AvgIpc) is 2.82. The van der Waals surface area contributed by atoms with Crippen molar-refractivity contribution in [1.82, 2.24) is 15.2 Å². The van der Waals surface area contributed by atoms with E-state index in [1.165, 1.54) is 37.1 Å². The third kappa shape index (κ3) is 3.30. The monoisotopic (exact) mass is 247 g/mol. The molecule has 0 spiro atoms. The van der Waals surface area contributed by atoms with Gasteiger partial charge in [0.25, 0.3) is 0 Å². The van der Waals surface area contributed by atoms with Gasteiger partial charge in [0.2, 0.25) is 0 Å². The molecule has 0 aromatic carbocycles. The Labute approximate surface area is 111 Å². The van der Waals surface area contributed by atoms with Crippen LogP contribution in [0.4, 0.5) is 0 Å². The van der Waals surface area contributed by atoms with E-state index in [9.17, 15) is 0 Å². The third-order valence-electron chi connectivity index (χ3n) is 3.89. The number of aromatic nitrogens is 1. The summed E-state index contributed by atoms with van der Waals surface area (Å²) in [6.07, 6.45) is 5.52. The topological polar surface area (TPSA) is 28.2 Å². The zero-order chi connectivity index (χ0) is 12.8. The fourth-order valence-electron chi connectivity index (χ4n) is 2.73. The van der Waals surface area contributed by atoms with Crippen molar-refractivity contribution in [3.63, 3.8) is 0 Å². The van der Waals surface area contributed by atoms with Crippen molar-refractivity contribution < 1.29 is 0 Å². The van der Waals surface area contributed by atoms with Gasteiger partial charge < -0.3 is 10.2 Å². The van der Waals surface area contributed by atoms with E-state index in [2.05, 4.69) is 35.1 Å². The average molecular weight is 247 g/mol. The molecule has 2 rings (SSSR count). The van der Waals surface area contributed by atoms with Crippen LogP contribution in [0.3, 0.4) is 0 Å². The van der Waals surface area contributed by atoms with Crippen molar-refractivity contribution in [2.75, 3.05) is 26.2 Å². The molecule has 3 heteroatoms. The Hall–Kier alpha value is -0.930. The molecule has 18 heavy (non-hydrogen) atoms. The first-order valence-electron chi connectivity index (χ1n) is 7.24. The molecule has 0 radical (unpaired) electrons. The summed E-state index contributed by atoms with van der Waals surface area (Å²) in [6.45, 7) is 9.07. The van der Waals surface area contributed by atoms with Crippen LogP contribution in [0.15, 0.2) is 18.3 Å². The Morgan fingerprint density at radius 3 is 3.00 bits per heavy atom. The van der Waals surface area contributed by atoms with Gasteiger partial charge in [-0.3, -0.25) is 4.98 Å². The lowest BCUT2D eigenvalue weighted by atomic mass is 10.2. The van der Waals surface area contributed by atoms with Crippen LogP contribution in [0.1, 0.15) is 44.0 Å². The minimum atomic E-state index is 0.484. The van der Waals surface area contributed by atoms with Crippen LogP contribution in [0.5, 0.6) is 0 Å². The van der Waals surface area contributed by atoms with Crippen molar-refractivity contribution in [3.05, 3.63) is 29.6 Å². The van der Waals surface area contributed by atoms with E-state index >= 15 is 0 Å². The Kier molecular flexibility index (Phi) is 5.14. The van der Waals surface area contributed by atoms with Crippen LogP contribution in [0, 0.1) is 0 Å². The van der Waals surface area contributed by atoms with Crippen LogP contribution in [-0.2, 0) is 6.42 Å². The Balaban J connectivity index is 1.72. The Morgan fingerprint density at radius 2 is 2.22 bits per heavy atom. The normalized spacial score (nSPS) is 18.3. The standard InChI is InChI=1S/C15H25N3/c1-3-18(4-2)12-6-11-16-14-9-8-13-7-5-10-17-15(13)14/h5,7,10,14,16H,3-4,6,8-9,11-12H2,1-2H3. The van der Waals surface area contributed by atoms with E-state index in [4.69, 9.17) is 0 Å². The fraction of sp³-hybridized carbons (Fsp3) is 0.667. The van der Waals surface area contributed by atoms with Gasteiger partial charge in [-0.15, -0.1) is 0 Å². The molecule has 0 amide bonds. The highest BCUT2D eigenvalue weighted by Crippen LogP contribution is 2.28. The molecule has 1 aromatic heterocycles. The zero-order valence-corrected chi connectivity index (χ0v) is 11.7. The summed E-state index contributed by atoms with van der Waals surface area (Å²) >= 11 is 0. The first kappa shape index (κ1) is 13.5. The van der Waals surface area contributed by atoms with Gasteiger partial charge in [-0.1, -0.05) is 19.9 Å². The predicted molar refractivity (Wildman–Crippen MR) is 75.7 cm³/mol. The highest BCUT2D eigenvalue weighted by atomic mass is 15.1. The number of nitrogens with zero attached hydrogens (tertiary/aromatic N) is 2. The summed E-state index contributed by atoms with van der Waals surface area (Å²) in [4.78, 5) is 6.99. The number of rotatable bonds is 7. The van der Waals surface area contributed by atoms with Crippen molar-refractivity contribution in [2.24, 2.45) is 0 Å². The summed E-state index contributed by atoms with van der Waals surface area (Å²) in [5.41, 5.74) is 2.71. The van der Waals surface area contributed by atoms with Crippen molar-refractivity contribution in [2.45, 2.75) is 39.2 Å². The second-order valence-electron chi connectivity index (χ2n) is 4.97. The van der Waals surface area contributed by atoms with Gasteiger partial charge in [0.15, 0.2) is 0 Å². The second kappa shape index (κ2) is 6.86. The van der Waals surface area contributed by atoms with Crippen LogP contribution < -0.4 is 5.32 Å². The van der Waals surface area contributed by atoms with Crippen LogP contribution in [-0.4, -0.2) is 36.1 Å². The molecule has 1 N–H and O–H groups in total. The molecule has 3 nitrogen and oxygen atoms in total. The van der Waals surface area contributed by atoms with E-state index in [-0.39, 0.29) is 0 Å². The van der Waals surface area contributed by atoms with E-state index in [0.29, 0.717) is 6.04 Å². The Bertz CT molecular complexity index is 361. The molecule has 1 unspecified atom stereocenters. The van der Waals surface area contributed by atoms with Gasteiger partial charge in [0, 0.05) is 6.20 Å². The van der Waals surface area contributed by atoms with Gasteiger partial charge in [0.1, 0.15) is 0 Å². The number of fused-ring (bicyclic) bond motifs is 1. The molecule has 100 valence electrons. The quantitative estimate of drug-likeness (QED) is 0.750. The number of hydrogen-bond acceptors (Lipinski definition) is 3. The molecule has 0 bridgehead atoms. The molecule has 0 saturated heterocycles. The van der Waals surface area contributed by atoms with Crippen LogP contribution >= 0.6 is 0 Å². The molecule has 1 aliphatic rings. The lowest BCUT2D eigenvalue weighted by molar-refractivity contribution is 0.295. The second-order valence-corrected chi connectivity index (χ2v) is 4.97. The summed E-state index contributed by atoms with van der Waals surface area (Å²) in [5.74, 6) is 0. The molecular formula is C15H25N3. The molecule has 1 aliphatic carbocycles. The molecule has 1 heterocycles. The van der Waals surface area contributed by atoms with E-state index in [0.717, 1.165) is 19.6 Å². The zero-order valence-electron chi connectivity index (χ0n) is 11.7. The fourth-order valence-corrected chi connectivity index (χ4v) is 2.73. The van der Waals surface area contributed by atoms with Crippen molar-refractivity contribution in [3.8, 4) is 0 Å². The minimum Gasteiger partial charge on any atom is -0.309 e. The maximum atomic E-state index is 4.51. The SMILES string of the molecule is CCN(CC)CCCNC1CCc2cccnc21. The maximum Gasteiger partial charge on any atom is 0.0605 e. The largest absolute Gasteiger partial charge is 0.309 e. The lowest BCUT2D eigenvalue weighted by Crippen LogP contribution is -2.28. The Morgan fingerprint density at radius 1 is 1.39 bits per heavy atom. The third-order valence-corrected chi connectivity index (χ3v) is 3.89. The minimum absolute atomic E-state index is 0.484. The molecule has 0 aliphatic heterocycles. The lowest BCUT2D eigenvalue weighted by Gasteiger charge is -2.19. The molecule has 1 atom stereocenters. The van der Waals surface area contributed by atoms with Gasteiger partial charge in [0.05, 0.1) is 11.7 Å². The number of aryl methyl sites for hydroxylation is 1. The van der Waals surface area contributed by atoms with Crippen molar-refractivity contribution in [1.29, 1.82) is 0 Å². The summed E-state index contributed by atoms with van der Waals surface area (Å²) < 4.78 is 0. The highest BCUT2D eigenvalue weighted by molar-refractivity contribution is 5.27. The molecule has 0 saturated carbocycles. The molecule has 0 fully saturated rings. The summed E-state index contributed by atoms with van der Waals surface area (Å²) in [7, 11) is 0. The number of hydrogen-bond donors (Lipinski definition) is 1. The van der Waals surface area contributed by atoms with E-state index in [1.807, 2.05) is 12.3 Å². The first-order chi connectivity index (χ1) is 8.85. The van der Waals surface area contributed by atoms with E-state index in [1.54, 1.807) is 0 Å². The van der Waals surface area contributed by atoms with Gasteiger partial charge in [-0.05, 0) is 57.1 Å². The summed E-state index contributed by atoms with van der Waals surface area (Å²) in [6, 6.07) is 4.74. The molecular weight excluding hydrogens is 222 g/mol. The van der Waals surface area contributed by atoms with Crippen molar-refractivity contribution >= 4 is 0 Å².